The fourth-order valence-corrected chi connectivity index (χ4v) is 3.60. The van der Waals surface area contributed by atoms with Crippen LogP contribution in [-0.2, 0) is 22.7 Å². The van der Waals surface area contributed by atoms with Crippen molar-refractivity contribution in [1.29, 1.82) is 5.26 Å². The maximum atomic E-state index is 13.1. The van der Waals surface area contributed by atoms with E-state index in [1.54, 1.807) is 12.1 Å². The van der Waals surface area contributed by atoms with E-state index in [1.165, 1.54) is 24.5 Å². The molecule has 0 fully saturated rings. The summed E-state index contributed by atoms with van der Waals surface area (Å²) in [4.78, 5) is 14.9. The normalized spacial score (nSPS) is 12.0. The van der Waals surface area contributed by atoms with Gasteiger partial charge in [-0.25, -0.2) is 28.5 Å². The van der Waals surface area contributed by atoms with Crippen molar-refractivity contribution in [2.45, 2.75) is 17.6 Å². The van der Waals surface area contributed by atoms with Crippen LogP contribution >= 0.6 is 0 Å². The molecule has 0 amide bonds. The van der Waals surface area contributed by atoms with Gasteiger partial charge in [-0.3, -0.25) is 0 Å². The van der Waals surface area contributed by atoms with E-state index in [1.807, 2.05) is 6.07 Å². The van der Waals surface area contributed by atoms with Gasteiger partial charge in [-0.1, -0.05) is 12.1 Å². The first-order valence-corrected chi connectivity index (χ1v) is 10.8. The number of nitrogens with two attached hydrogens (primary N) is 1. The molecular weight excluding hydrogens is 459 g/mol. The number of benzene rings is 1. The SMILES string of the molecule is N#Cc1cnc(NCc2ccc(S(N)(=O)=O)cc2)nc1-c1c[nH]c2ncc(C(F)(F)F)cc12. The van der Waals surface area contributed by atoms with Crippen LogP contribution in [-0.4, -0.2) is 28.4 Å². The summed E-state index contributed by atoms with van der Waals surface area (Å²) in [5.74, 6) is 0.119. The summed E-state index contributed by atoms with van der Waals surface area (Å²) in [6.07, 6.45) is -1.17. The van der Waals surface area contributed by atoms with Gasteiger partial charge in [0.1, 0.15) is 11.7 Å². The monoisotopic (exact) mass is 473 g/mol. The number of aromatic amines is 1. The quantitative estimate of drug-likeness (QED) is 0.403. The molecule has 0 radical (unpaired) electrons. The summed E-state index contributed by atoms with van der Waals surface area (Å²) >= 11 is 0. The number of nitriles is 1. The van der Waals surface area contributed by atoms with E-state index in [9.17, 15) is 26.9 Å². The molecular formula is C20H14F3N7O2S. The molecule has 0 aliphatic carbocycles. The zero-order chi connectivity index (χ0) is 23.8. The number of nitrogens with zero attached hydrogens (tertiary/aromatic N) is 4. The van der Waals surface area contributed by atoms with Crippen LogP contribution < -0.4 is 10.5 Å². The third-order valence-electron chi connectivity index (χ3n) is 4.73. The van der Waals surface area contributed by atoms with Crippen LogP contribution in [0.15, 0.2) is 53.8 Å². The molecule has 0 saturated heterocycles. The highest BCUT2D eigenvalue weighted by atomic mass is 32.2. The zero-order valence-electron chi connectivity index (χ0n) is 16.6. The number of rotatable bonds is 5. The smallest absolute Gasteiger partial charge is 0.350 e. The van der Waals surface area contributed by atoms with Gasteiger partial charge < -0.3 is 10.3 Å². The van der Waals surface area contributed by atoms with Crippen LogP contribution in [0.25, 0.3) is 22.3 Å². The van der Waals surface area contributed by atoms with Gasteiger partial charge in [0.25, 0.3) is 0 Å². The van der Waals surface area contributed by atoms with E-state index in [4.69, 9.17) is 5.14 Å². The Morgan fingerprint density at radius 3 is 2.52 bits per heavy atom. The van der Waals surface area contributed by atoms with Crippen molar-refractivity contribution in [3.8, 4) is 17.3 Å². The Morgan fingerprint density at radius 2 is 1.88 bits per heavy atom. The molecule has 0 atom stereocenters. The van der Waals surface area contributed by atoms with Crippen molar-refractivity contribution in [2.24, 2.45) is 5.14 Å². The van der Waals surface area contributed by atoms with Gasteiger partial charge in [-0.05, 0) is 23.8 Å². The second kappa shape index (κ2) is 8.15. The summed E-state index contributed by atoms with van der Waals surface area (Å²) in [6.45, 7) is 0.212. The first kappa shape index (κ1) is 22.2. The third-order valence-corrected chi connectivity index (χ3v) is 5.65. The van der Waals surface area contributed by atoms with Gasteiger partial charge in [0, 0.05) is 29.9 Å². The van der Waals surface area contributed by atoms with Crippen molar-refractivity contribution < 1.29 is 21.6 Å². The van der Waals surface area contributed by atoms with E-state index in [-0.39, 0.29) is 45.2 Å². The molecule has 0 unspecified atom stereocenters. The minimum Gasteiger partial charge on any atom is -0.350 e. The van der Waals surface area contributed by atoms with Crippen molar-refractivity contribution in [3.63, 3.8) is 0 Å². The van der Waals surface area contributed by atoms with E-state index >= 15 is 0 Å². The minimum atomic E-state index is -4.58. The van der Waals surface area contributed by atoms with E-state index in [2.05, 4.69) is 25.3 Å². The first-order valence-electron chi connectivity index (χ1n) is 9.24. The Bertz CT molecular complexity index is 1490. The van der Waals surface area contributed by atoms with Crippen LogP contribution in [0.2, 0.25) is 0 Å². The Hall–Kier alpha value is -4.02. The summed E-state index contributed by atoms with van der Waals surface area (Å²) in [6, 6.07) is 8.70. The molecule has 0 spiro atoms. The van der Waals surface area contributed by atoms with E-state index in [0.717, 1.165) is 12.3 Å². The molecule has 0 bridgehead atoms. The number of hydrogen-bond acceptors (Lipinski definition) is 7. The molecule has 13 heteroatoms. The fraction of sp³-hybridized carbons (Fsp3) is 0.100. The summed E-state index contributed by atoms with van der Waals surface area (Å²) < 4.78 is 62.1. The van der Waals surface area contributed by atoms with Gasteiger partial charge in [0.05, 0.1) is 27.9 Å². The van der Waals surface area contributed by atoms with Gasteiger partial charge in [0.15, 0.2) is 0 Å². The first-order chi connectivity index (χ1) is 15.6. The average Bonchev–Trinajstić information content (AvgIpc) is 3.20. The molecule has 168 valence electrons. The molecule has 0 saturated carbocycles. The minimum absolute atomic E-state index is 0.0330. The number of primary sulfonamides is 1. The number of halogens is 3. The maximum Gasteiger partial charge on any atom is 0.417 e. The maximum absolute atomic E-state index is 13.1. The Balaban J connectivity index is 1.66. The number of aromatic nitrogens is 4. The zero-order valence-corrected chi connectivity index (χ0v) is 17.4. The molecule has 4 N–H and O–H groups in total. The Morgan fingerprint density at radius 1 is 1.15 bits per heavy atom. The topological polar surface area (TPSA) is 150 Å². The lowest BCUT2D eigenvalue weighted by Gasteiger charge is -2.09. The largest absolute Gasteiger partial charge is 0.417 e. The Kier molecular flexibility index (Phi) is 5.48. The van der Waals surface area contributed by atoms with Crippen LogP contribution in [0.1, 0.15) is 16.7 Å². The van der Waals surface area contributed by atoms with Gasteiger partial charge in [0.2, 0.25) is 16.0 Å². The second-order valence-electron chi connectivity index (χ2n) is 6.93. The predicted molar refractivity (Wildman–Crippen MR) is 112 cm³/mol. The van der Waals surface area contributed by atoms with Crippen molar-refractivity contribution in [3.05, 3.63) is 65.6 Å². The lowest BCUT2D eigenvalue weighted by molar-refractivity contribution is -0.137. The van der Waals surface area contributed by atoms with Crippen molar-refractivity contribution in [2.75, 3.05) is 5.32 Å². The van der Waals surface area contributed by atoms with Crippen LogP contribution in [0, 0.1) is 11.3 Å². The fourth-order valence-electron chi connectivity index (χ4n) is 3.09. The Labute approximate surface area is 185 Å². The second-order valence-corrected chi connectivity index (χ2v) is 8.49. The molecule has 4 aromatic rings. The van der Waals surface area contributed by atoms with Crippen LogP contribution in [0.3, 0.4) is 0 Å². The lowest BCUT2D eigenvalue weighted by atomic mass is 10.1. The predicted octanol–water partition coefficient (Wildman–Crippen LogP) is 3.17. The number of fused-ring (bicyclic) bond motifs is 1. The van der Waals surface area contributed by atoms with Gasteiger partial charge in [-0.2, -0.15) is 18.4 Å². The third kappa shape index (κ3) is 4.61. The van der Waals surface area contributed by atoms with Gasteiger partial charge in [-0.15, -0.1) is 0 Å². The number of H-pyrrole nitrogens is 1. The van der Waals surface area contributed by atoms with Crippen LogP contribution in [0.4, 0.5) is 19.1 Å². The molecule has 33 heavy (non-hydrogen) atoms. The molecule has 4 rings (SSSR count). The number of hydrogen-bond donors (Lipinski definition) is 3. The summed E-state index contributed by atoms with van der Waals surface area (Å²) in [5.41, 5.74) is 0.448. The summed E-state index contributed by atoms with van der Waals surface area (Å²) in [5, 5.41) is 17.6. The number of nitrogens with one attached hydrogen (secondary N) is 2. The number of anilines is 1. The highest BCUT2D eigenvalue weighted by molar-refractivity contribution is 7.89. The number of sulfonamides is 1. The lowest BCUT2D eigenvalue weighted by Crippen LogP contribution is -2.12. The molecule has 1 aromatic carbocycles. The molecule has 0 aliphatic heterocycles. The molecule has 0 aliphatic rings. The summed E-state index contributed by atoms with van der Waals surface area (Å²) in [7, 11) is -3.81. The number of alkyl halides is 3. The van der Waals surface area contributed by atoms with Crippen LogP contribution in [0.5, 0.6) is 0 Å². The van der Waals surface area contributed by atoms with E-state index < -0.39 is 21.8 Å². The standard InChI is InChI=1S/C20H14F3N7O2S/c21-20(22,23)13-5-15-16(10-27-18(15)26-9-13)17-12(6-24)8-29-19(30-17)28-7-11-1-3-14(4-2-11)33(25,31)32/h1-5,8-10H,7H2,(H,26,27)(H2,25,31,32)(H,28,29,30). The molecule has 9 nitrogen and oxygen atoms in total. The van der Waals surface area contributed by atoms with Crippen molar-refractivity contribution in [1.82, 2.24) is 19.9 Å². The van der Waals surface area contributed by atoms with Gasteiger partial charge >= 0.3 is 6.18 Å². The number of pyridine rings is 1. The average molecular weight is 473 g/mol. The van der Waals surface area contributed by atoms with E-state index in [0.29, 0.717) is 5.56 Å². The highest BCUT2D eigenvalue weighted by Gasteiger charge is 2.31. The molecule has 3 aromatic heterocycles. The molecule has 3 heterocycles. The highest BCUT2D eigenvalue weighted by Crippen LogP contribution is 2.34. The van der Waals surface area contributed by atoms with Crippen molar-refractivity contribution >= 4 is 27.0 Å².